The zero-order chi connectivity index (χ0) is 13.6. The molecule has 1 aromatic carbocycles. The summed E-state index contributed by atoms with van der Waals surface area (Å²) in [6, 6.07) is 5.68. The van der Waals surface area contributed by atoms with E-state index in [4.69, 9.17) is 11.6 Å². The molecule has 3 atom stereocenters. The largest absolute Gasteiger partial charge is 0.335 e. The van der Waals surface area contributed by atoms with Gasteiger partial charge in [-0.3, -0.25) is 4.79 Å². The van der Waals surface area contributed by atoms with Crippen molar-refractivity contribution in [2.75, 3.05) is 19.6 Å². The molecule has 0 radical (unpaired) electrons. The first-order valence-electron chi connectivity index (χ1n) is 6.54. The number of amides is 1. The Labute approximate surface area is 126 Å². The summed E-state index contributed by atoms with van der Waals surface area (Å²) in [5, 5.41) is 4.04. The van der Waals surface area contributed by atoms with Crippen molar-refractivity contribution in [1.82, 2.24) is 10.2 Å². The number of rotatable bonds is 1. The fourth-order valence-electron chi connectivity index (χ4n) is 3.23. The Morgan fingerprint density at radius 2 is 2.26 bits per heavy atom. The van der Waals surface area contributed by atoms with E-state index in [0.717, 1.165) is 24.1 Å². The van der Waals surface area contributed by atoms with E-state index in [1.807, 2.05) is 11.0 Å². The van der Waals surface area contributed by atoms with Gasteiger partial charge in [0.25, 0.3) is 5.91 Å². The van der Waals surface area contributed by atoms with Gasteiger partial charge in [0.15, 0.2) is 0 Å². The lowest BCUT2D eigenvalue weighted by molar-refractivity contribution is 0.0728. The molecule has 0 bridgehead atoms. The molecule has 102 valence electrons. The maximum atomic E-state index is 12.6. The van der Waals surface area contributed by atoms with Gasteiger partial charge in [-0.05, 0) is 52.9 Å². The second-order valence-corrected chi connectivity index (χ2v) is 6.67. The first-order chi connectivity index (χ1) is 9.08. The molecule has 2 aliphatic heterocycles. The lowest BCUT2D eigenvalue weighted by atomic mass is 9.95. The minimum Gasteiger partial charge on any atom is -0.335 e. The Kier molecular flexibility index (Phi) is 3.58. The summed E-state index contributed by atoms with van der Waals surface area (Å²) in [5.74, 6) is 1.31. The summed E-state index contributed by atoms with van der Waals surface area (Å²) in [4.78, 5) is 14.6. The van der Waals surface area contributed by atoms with Gasteiger partial charge in [0.1, 0.15) is 0 Å². The SMILES string of the molecule is CC1C2CNCC2CN1C(=O)c1ccc(Cl)c(Br)c1. The average molecular weight is 344 g/mol. The van der Waals surface area contributed by atoms with Gasteiger partial charge in [0.05, 0.1) is 5.02 Å². The van der Waals surface area contributed by atoms with Gasteiger partial charge in [0.2, 0.25) is 0 Å². The molecule has 2 saturated heterocycles. The van der Waals surface area contributed by atoms with Gasteiger partial charge in [-0.1, -0.05) is 11.6 Å². The highest BCUT2D eigenvalue weighted by Crippen LogP contribution is 2.33. The molecule has 1 N–H and O–H groups in total. The zero-order valence-corrected chi connectivity index (χ0v) is 13.0. The van der Waals surface area contributed by atoms with E-state index in [1.165, 1.54) is 0 Å². The second kappa shape index (κ2) is 5.08. The van der Waals surface area contributed by atoms with Crippen LogP contribution < -0.4 is 5.32 Å². The third kappa shape index (κ3) is 2.30. The fourth-order valence-corrected chi connectivity index (χ4v) is 3.73. The third-order valence-corrected chi connectivity index (χ3v) is 5.58. The van der Waals surface area contributed by atoms with Gasteiger partial charge in [-0.25, -0.2) is 0 Å². The second-order valence-electron chi connectivity index (χ2n) is 5.41. The Morgan fingerprint density at radius 3 is 2.95 bits per heavy atom. The number of hydrogen-bond acceptors (Lipinski definition) is 2. The van der Waals surface area contributed by atoms with E-state index in [2.05, 4.69) is 28.2 Å². The van der Waals surface area contributed by atoms with Crippen LogP contribution in [0.1, 0.15) is 17.3 Å². The molecule has 3 rings (SSSR count). The highest BCUT2D eigenvalue weighted by molar-refractivity contribution is 9.10. The maximum absolute atomic E-state index is 12.6. The van der Waals surface area contributed by atoms with E-state index in [0.29, 0.717) is 28.5 Å². The number of carbonyl (C=O) groups is 1. The Balaban J connectivity index is 1.82. The van der Waals surface area contributed by atoms with Crippen LogP contribution in [0.15, 0.2) is 22.7 Å². The number of benzene rings is 1. The molecule has 2 aliphatic rings. The Morgan fingerprint density at radius 1 is 1.47 bits per heavy atom. The molecule has 1 aromatic rings. The molecule has 3 unspecified atom stereocenters. The van der Waals surface area contributed by atoms with Gasteiger partial charge < -0.3 is 10.2 Å². The van der Waals surface area contributed by atoms with Crippen LogP contribution in [-0.4, -0.2) is 36.5 Å². The summed E-state index contributed by atoms with van der Waals surface area (Å²) in [6.07, 6.45) is 0. The van der Waals surface area contributed by atoms with Gasteiger partial charge in [0, 0.05) is 35.7 Å². The number of carbonyl (C=O) groups excluding carboxylic acids is 1. The van der Waals surface area contributed by atoms with Crippen molar-refractivity contribution < 1.29 is 4.79 Å². The molecular weight excluding hydrogens is 328 g/mol. The van der Waals surface area contributed by atoms with Crippen molar-refractivity contribution in [3.05, 3.63) is 33.3 Å². The van der Waals surface area contributed by atoms with Crippen LogP contribution in [0.25, 0.3) is 0 Å². The Hall–Kier alpha value is -0.580. The van der Waals surface area contributed by atoms with Crippen molar-refractivity contribution in [2.45, 2.75) is 13.0 Å². The maximum Gasteiger partial charge on any atom is 0.254 e. The van der Waals surface area contributed by atoms with Crippen LogP contribution in [0, 0.1) is 11.8 Å². The molecular formula is C14H16BrClN2O. The molecule has 0 aromatic heterocycles. The molecule has 3 nitrogen and oxygen atoms in total. The van der Waals surface area contributed by atoms with Crippen LogP contribution in [0.2, 0.25) is 5.02 Å². The summed E-state index contributed by atoms with van der Waals surface area (Å²) < 4.78 is 0.772. The van der Waals surface area contributed by atoms with Crippen molar-refractivity contribution in [3.8, 4) is 0 Å². The van der Waals surface area contributed by atoms with E-state index < -0.39 is 0 Å². The van der Waals surface area contributed by atoms with E-state index in [-0.39, 0.29) is 5.91 Å². The topological polar surface area (TPSA) is 32.3 Å². The monoisotopic (exact) mass is 342 g/mol. The predicted molar refractivity (Wildman–Crippen MR) is 79.5 cm³/mol. The van der Waals surface area contributed by atoms with Crippen LogP contribution in [0.5, 0.6) is 0 Å². The van der Waals surface area contributed by atoms with Crippen molar-refractivity contribution in [1.29, 1.82) is 0 Å². The molecule has 0 saturated carbocycles. The summed E-state index contributed by atoms with van der Waals surface area (Å²) in [5.41, 5.74) is 0.705. The average Bonchev–Trinajstić information content (AvgIpc) is 2.95. The van der Waals surface area contributed by atoms with Gasteiger partial charge in [-0.2, -0.15) is 0 Å². The first kappa shape index (κ1) is 13.4. The number of fused-ring (bicyclic) bond motifs is 1. The third-order valence-electron chi connectivity index (χ3n) is 4.36. The quantitative estimate of drug-likeness (QED) is 0.850. The fraction of sp³-hybridized carbons (Fsp3) is 0.500. The molecule has 1 amide bonds. The number of nitrogens with zero attached hydrogens (tertiary/aromatic N) is 1. The van der Waals surface area contributed by atoms with Crippen molar-refractivity contribution >= 4 is 33.4 Å². The number of likely N-dealkylation sites (tertiary alicyclic amines) is 1. The van der Waals surface area contributed by atoms with Crippen LogP contribution in [-0.2, 0) is 0 Å². The zero-order valence-electron chi connectivity index (χ0n) is 10.7. The predicted octanol–water partition coefficient (Wildman–Crippen LogP) is 2.78. The van der Waals surface area contributed by atoms with Crippen LogP contribution >= 0.6 is 27.5 Å². The van der Waals surface area contributed by atoms with Crippen LogP contribution in [0.3, 0.4) is 0 Å². The minimum atomic E-state index is 0.110. The van der Waals surface area contributed by atoms with E-state index >= 15 is 0 Å². The molecule has 2 fully saturated rings. The molecule has 2 heterocycles. The molecule has 0 spiro atoms. The van der Waals surface area contributed by atoms with E-state index in [1.54, 1.807) is 12.1 Å². The molecule has 19 heavy (non-hydrogen) atoms. The summed E-state index contributed by atoms with van der Waals surface area (Å²) in [7, 11) is 0. The number of nitrogens with one attached hydrogen (secondary N) is 1. The first-order valence-corrected chi connectivity index (χ1v) is 7.71. The Bertz CT molecular complexity index is 522. The lowest BCUT2D eigenvalue weighted by Gasteiger charge is -2.24. The number of hydrogen-bond donors (Lipinski definition) is 1. The number of halogens is 2. The highest BCUT2D eigenvalue weighted by Gasteiger charge is 2.43. The minimum absolute atomic E-state index is 0.110. The lowest BCUT2D eigenvalue weighted by Crippen LogP contribution is -2.38. The summed E-state index contributed by atoms with van der Waals surface area (Å²) >= 11 is 9.35. The standard InChI is InChI=1S/C14H16BrClN2O/c1-8-11-6-17-5-10(11)7-18(8)14(19)9-2-3-13(16)12(15)4-9/h2-4,8,10-11,17H,5-7H2,1H3. The van der Waals surface area contributed by atoms with Crippen LogP contribution in [0.4, 0.5) is 0 Å². The normalized spacial score (nSPS) is 29.6. The molecule has 0 aliphatic carbocycles. The summed E-state index contributed by atoms with van der Waals surface area (Å²) in [6.45, 7) is 5.07. The van der Waals surface area contributed by atoms with Crippen molar-refractivity contribution in [2.24, 2.45) is 11.8 Å². The van der Waals surface area contributed by atoms with Gasteiger partial charge >= 0.3 is 0 Å². The molecule has 5 heteroatoms. The smallest absolute Gasteiger partial charge is 0.254 e. The van der Waals surface area contributed by atoms with Crippen molar-refractivity contribution in [3.63, 3.8) is 0 Å². The van der Waals surface area contributed by atoms with Gasteiger partial charge in [-0.15, -0.1) is 0 Å². The highest BCUT2D eigenvalue weighted by atomic mass is 79.9. The van der Waals surface area contributed by atoms with E-state index in [9.17, 15) is 4.79 Å².